The summed E-state index contributed by atoms with van der Waals surface area (Å²) in [5, 5.41) is 0. The third-order valence-corrected chi connectivity index (χ3v) is 5.24. The van der Waals surface area contributed by atoms with Gasteiger partial charge in [-0.1, -0.05) is 0 Å². The van der Waals surface area contributed by atoms with E-state index in [9.17, 15) is 4.79 Å². The molecule has 1 unspecified atom stereocenters. The van der Waals surface area contributed by atoms with Crippen LogP contribution in [0, 0.1) is 6.92 Å². The molecule has 0 saturated carbocycles. The molecule has 24 heavy (non-hydrogen) atoms. The average Bonchev–Trinajstić information content (AvgIpc) is 3.13. The van der Waals surface area contributed by atoms with E-state index in [4.69, 9.17) is 4.74 Å². The fraction of sp³-hybridized carbons (Fsp3) is 0.526. The summed E-state index contributed by atoms with van der Waals surface area (Å²) in [7, 11) is 0. The lowest BCUT2D eigenvalue weighted by Crippen LogP contribution is -2.26. The molecular formula is C19H25BrN2O2. The van der Waals surface area contributed by atoms with Crippen molar-refractivity contribution >= 4 is 27.4 Å². The Morgan fingerprint density at radius 3 is 2.50 bits per heavy atom. The predicted molar refractivity (Wildman–Crippen MR) is 99.6 cm³/mol. The quantitative estimate of drug-likeness (QED) is 0.705. The Labute approximate surface area is 151 Å². The zero-order valence-electron chi connectivity index (χ0n) is 14.8. The highest BCUT2D eigenvalue weighted by atomic mass is 79.9. The van der Waals surface area contributed by atoms with Gasteiger partial charge in [0.2, 0.25) is 0 Å². The van der Waals surface area contributed by atoms with Crippen LogP contribution in [-0.4, -0.2) is 34.5 Å². The van der Waals surface area contributed by atoms with Gasteiger partial charge in [-0.05, 0) is 87.3 Å². The Balaban J connectivity index is 2.13. The molecular weight excluding hydrogens is 368 g/mol. The summed E-state index contributed by atoms with van der Waals surface area (Å²) in [6, 6.07) is 4.25. The van der Waals surface area contributed by atoms with Crippen molar-refractivity contribution in [2.45, 2.75) is 52.7 Å². The number of pyridine rings is 1. The zero-order valence-corrected chi connectivity index (χ0v) is 16.4. The maximum absolute atomic E-state index is 12.6. The number of halogens is 1. The van der Waals surface area contributed by atoms with Gasteiger partial charge in [0.1, 0.15) is 0 Å². The first-order valence-corrected chi connectivity index (χ1v) is 9.44. The van der Waals surface area contributed by atoms with E-state index in [0.29, 0.717) is 5.56 Å². The molecule has 2 aromatic heterocycles. The van der Waals surface area contributed by atoms with E-state index in [2.05, 4.69) is 38.4 Å². The zero-order chi connectivity index (χ0) is 17.4. The van der Waals surface area contributed by atoms with Gasteiger partial charge in [-0.2, -0.15) is 0 Å². The van der Waals surface area contributed by atoms with Crippen molar-refractivity contribution in [2.24, 2.45) is 0 Å². The minimum absolute atomic E-state index is 0.119. The minimum atomic E-state index is -0.239. The topological polar surface area (TPSA) is 34.0 Å². The molecule has 0 bridgehead atoms. The van der Waals surface area contributed by atoms with Gasteiger partial charge in [0.15, 0.2) is 0 Å². The van der Waals surface area contributed by atoms with Gasteiger partial charge < -0.3 is 9.14 Å². The summed E-state index contributed by atoms with van der Waals surface area (Å²) in [5.41, 5.74) is 3.87. The Hall–Kier alpha value is -1.33. The van der Waals surface area contributed by atoms with E-state index in [1.54, 1.807) is 0 Å². The van der Waals surface area contributed by atoms with Gasteiger partial charge in [-0.15, -0.1) is 0 Å². The predicted octanol–water partition coefficient (Wildman–Crippen LogP) is 4.73. The Bertz CT molecular complexity index is 760. The maximum atomic E-state index is 12.6. The molecule has 1 atom stereocenters. The molecule has 5 heteroatoms. The van der Waals surface area contributed by atoms with E-state index in [1.807, 2.05) is 32.9 Å². The van der Waals surface area contributed by atoms with Gasteiger partial charge in [0, 0.05) is 27.9 Å². The van der Waals surface area contributed by atoms with Gasteiger partial charge in [0.25, 0.3) is 0 Å². The van der Waals surface area contributed by atoms with Gasteiger partial charge in [-0.3, -0.25) is 4.90 Å². The second-order valence-electron chi connectivity index (χ2n) is 6.89. The van der Waals surface area contributed by atoms with Crippen LogP contribution in [-0.2, 0) is 4.74 Å². The lowest BCUT2D eigenvalue weighted by Gasteiger charge is -2.27. The Morgan fingerprint density at radius 2 is 1.88 bits per heavy atom. The molecule has 0 aliphatic carbocycles. The van der Waals surface area contributed by atoms with Crippen LogP contribution >= 0.6 is 15.9 Å². The molecule has 0 N–H and O–H groups in total. The van der Waals surface area contributed by atoms with Crippen LogP contribution in [0.5, 0.6) is 0 Å². The SMILES string of the molecule is Cc1c(C(=O)OC(C)C)cc2cc(Br)cn2c1C(C)N1CCCC1. The highest BCUT2D eigenvalue weighted by Crippen LogP contribution is 2.32. The standard InChI is InChI=1S/C19H25BrN2O2/c1-12(2)24-19(23)17-10-16-9-15(20)11-22(16)18(13(17)3)14(4)21-7-5-6-8-21/h9-12,14H,5-8H2,1-4H3. The van der Waals surface area contributed by atoms with E-state index < -0.39 is 0 Å². The highest BCUT2D eigenvalue weighted by molar-refractivity contribution is 9.10. The number of carbonyl (C=O) groups excluding carboxylic acids is 1. The number of nitrogens with zero attached hydrogens (tertiary/aromatic N) is 2. The highest BCUT2D eigenvalue weighted by Gasteiger charge is 2.26. The van der Waals surface area contributed by atoms with Crippen LogP contribution in [0.1, 0.15) is 61.3 Å². The van der Waals surface area contributed by atoms with Crippen LogP contribution in [0.25, 0.3) is 5.52 Å². The van der Waals surface area contributed by atoms with Crippen molar-refractivity contribution in [1.29, 1.82) is 0 Å². The fourth-order valence-electron chi connectivity index (χ4n) is 3.65. The largest absolute Gasteiger partial charge is 0.459 e. The molecule has 1 aliphatic rings. The van der Waals surface area contributed by atoms with Gasteiger partial charge >= 0.3 is 5.97 Å². The summed E-state index contributed by atoms with van der Waals surface area (Å²) >= 11 is 3.57. The van der Waals surface area contributed by atoms with Crippen molar-refractivity contribution < 1.29 is 9.53 Å². The number of aromatic nitrogens is 1. The second kappa shape index (κ2) is 6.89. The third-order valence-electron chi connectivity index (χ3n) is 4.80. The van der Waals surface area contributed by atoms with Crippen molar-refractivity contribution in [2.75, 3.05) is 13.1 Å². The summed E-state index contributed by atoms with van der Waals surface area (Å²) in [4.78, 5) is 15.1. The maximum Gasteiger partial charge on any atom is 0.338 e. The smallest absolute Gasteiger partial charge is 0.338 e. The normalized spacial score (nSPS) is 16.9. The van der Waals surface area contributed by atoms with Crippen LogP contribution in [0.3, 0.4) is 0 Å². The fourth-order valence-corrected chi connectivity index (χ4v) is 4.09. The van der Waals surface area contributed by atoms with E-state index in [1.165, 1.54) is 18.5 Å². The lowest BCUT2D eigenvalue weighted by atomic mass is 10.0. The average molecular weight is 393 g/mol. The van der Waals surface area contributed by atoms with E-state index in [-0.39, 0.29) is 18.1 Å². The Kier molecular flexibility index (Phi) is 5.02. The number of carbonyl (C=O) groups is 1. The first-order valence-electron chi connectivity index (χ1n) is 8.64. The van der Waals surface area contributed by atoms with Crippen LogP contribution < -0.4 is 0 Å². The number of hydrogen-bond donors (Lipinski definition) is 0. The molecule has 130 valence electrons. The first-order chi connectivity index (χ1) is 11.4. The van der Waals surface area contributed by atoms with Crippen molar-refractivity contribution in [1.82, 2.24) is 9.30 Å². The number of likely N-dealkylation sites (tertiary alicyclic amines) is 1. The summed E-state index contributed by atoms with van der Waals surface area (Å²) in [5.74, 6) is -0.239. The molecule has 0 radical (unpaired) electrons. The van der Waals surface area contributed by atoms with Crippen LogP contribution in [0.15, 0.2) is 22.8 Å². The molecule has 1 fully saturated rings. The van der Waals surface area contributed by atoms with Gasteiger partial charge in [-0.25, -0.2) is 4.79 Å². The summed E-state index contributed by atoms with van der Waals surface area (Å²) < 4.78 is 8.68. The van der Waals surface area contributed by atoms with Gasteiger partial charge in [0.05, 0.1) is 11.7 Å². The molecule has 3 heterocycles. The van der Waals surface area contributed by atoms with Crippen LogP contribution in [0.4, 0.5) is 0 Å². The van der Waals surface area contributed by atoms with Crippen molar-refractivity contribution in [3.63, 3.8) is 0 Å². The number of ether oxygens (including phenoxy) is 1. The van der Waals surface area contributed by atoms with Crippen molar-refractivity contribution in [3.05, 3.63) is 39.6 Å². The van der Waals surface area contributed by atoms with Crippen molar-refractivity contribution in [3.8, 4) is 0 Å². The van der Waals surface area contributed by atoms with Crippen LogP contribution in [0.2, 0.25) is 0 Å². The lowest BCUT2D eigenvalue weighted by molar-refractivity contribution is 0.0376. The monoisotopic (exact) mass is 392 g/mol. The summed E-state index contributed by atoms with van der Waals surface area (Å²) in [6.07, 6.45) is 4.46. The van der Waals surface area contributed by atoms with E-state index in [0.717, 1.165) is 28.6 Å². The molecule has 0 aromatic carbocycles. The number of fused-ring (bicyclic) bond motifs is 1. The molecule has 2 aromatic rings. The number of hydrogen-bond acceptors (Lipinski definition) is 3. The second-order valence-corrected chi connectivity index (χ2v) is 7.81. The number of esters is 1. The Morgan fingerprint density at radius 1 is 1.21 bits per heavy atom. The molecule has 3 rings (SSSR count). The molecule has 1 saturated heterocycles. The molecule has 1 aliphatic heterocycles. The number of rotatable bonds is 4. The molecule has 4 nitrogen and oxygen atoms in total. The third kappa shape index (κ3) is 3.24. The summed E-state index contributed by atoms with van der Waals surface area (Å²) in [6.45, 7) is 10.3. The molecule has 0 amide bonds. The molecule has 0 spiro atoms. The first kappa shape index (κ1) is 17.5. The minimum Gasteiger partial charge on any atom is -0.459 e. The van der Waals surface area contributed by atoms with E-state index >= 15 is 0 Å².